The molecule has 0 fully saturated rings. The molecule has 0 spiro atoms. The van der Waals surface area contributed by atoms with E-state index in [2.05, 4.69) is 34.3 Å². The van der Waals surface area contributed by atoms with Crippen molar-refractivity contribution in [3.63, 3.8) is 0 Å². The minimum atomic E-state index is -0.380. The van der Waals surface area contributed by atoms with Crippen molar-refractivity contribution < 1.29 is 4.79 Å². The van der Waals surface area contributed by atoms with E-state index < -0.39 is 0 Å². The molecule has 0 saturated carbocycles. The number of hydrogen-bond donors (Lipinski definition) is 1. The summed E-state index contributed by atoms with van der Waals surface area (Å²) < 4.78 is 0. The molecular formula is C18H21N5O. The zero-order chi connectivity index (χ0) is 17.4. The molecule has 24 heavy (non-hydrogen) atoms. The fraction of sp³-hybridized carbons (Fsp3) is 0.333. The summed E-state index contributed by atoms with van der Waals surface area (Å²) in [5.74, 6) is 0.391. The van der Waals surface area contributed by atoms with Crippen molar-refractivity contribution >= 4 is 17.4 Å². The summed E-state index contributed by atoms with van der Waals surface area (Å²) in [4.78, 5) is 14.4. The molecule has 1 heterocycles. The lowest BCUT2D eigenvalue weighted by Gasteiger charge is -2.21. The summed E-state index contributed by atoms with van der Waals surface area (Å²) in [5.41, 5.74) is 1.10. The Morgan fingerprint density at radius 3 is 2.42 bits per heavy atom. The van der Waals surface area contributed by atoms with Gasteiger partial charge in [0.05, 0.1) is 11.3 Å². The van der Waals surface area contributed by atoms with Crippen LogP contribution >= 0.6 is 0 Å². The van der Waals surface area contributed by atoms with E-state index in [1.807, 2.05) is 12.1 Å². The van der Waals surface area contributed by atoms with Gasteiger partial charge in [-0.3, -0.25) is 4.79 Å². The van der Waals surface area contributed by atoms with Crippen LogP contribution in [0.5, 0.6) is 0 Å². The summed E-state index contributed by atoms with van der Waals surface area (Å²) >= 11 is 0. The average molecular weight is 323 g/mol. The summed E-state index contributed by atoms with van der Waals surface area (Å²) in [6.45, 7) is 6.04. The van der Waals surface area contributed by atoms with Gasteiger partial charge in [0, 0.05) is 13.1 Å². The van der Waals surface area contributed by atoms with Gasteiger partial charge in [0.25, 0.3) is 5.91 Å². The minimum absolute atomic E-state index is 0.222. The van der Waals surface area contributed by atoms with Gasteiger partial charge in [-0.1, -0.05) is 26.0 Å². The van der Waals surface area contributed by atoms with Crippen LogP contribution in [-0.2, 0) is 0 Å². The molecule has 0 unspecified atom stereocenters. The number of benzene rings is 1. The molecule has 124 valence electrons. The SMILES string of the molecule is CCCN(CCC)c1ccc(C(=O)Nc2ccccc2C#N)nn1. The Kier molecular flexibility index (Phi) is 6.26. The number of aromatic nitrogens is 2. The Labute approximate surface area is 142 Å². The summed E-state index contributed by atoms with van der Waals surface area (Å²) in [5, 5.41) is 20.0. The third kappa shape index (κ3) is 4.29. The lowest BCUT2D eigenvalue weighted by atomic mass is 10.2. The lowest BCUT2D eigenvalue weighted by molar-refractivity contribution is 0.102. The molecule has 6 nitrogen and oxygen atoms in total. The quantitative estimate of drug-likeness (QED) is 0.846. The van der Waals surface area contributed by atoms with Crippen LogP contribution in [0.3, 0.4) is 0 Å². The summed E-state index contributed by atoms with van der Waals surface area (Å²) in [6.07, 6.45) is 2.05. The lowest BCUT2D eigenvalue weighted by Crippen LogP contribution is -2.26. The third-order valence-corrected chi connectivity index (χ3v) is 3.49. The highest BCUT2D eigenvalue weighted by atomic mass is 16.1. The molecule has 0 radical (unpaired) electrons. The van der Waals surface area contributed by atoms with E-state index in [-0.39, 0.29) is 11.6 Å². The highest BCUT2D eigenvalue weighted by molar-refractivity contribution is 6.03. The standard InChI is InChI=1S/C18H21N5O/c1-3-11-23(12-4-2)17-10-9-16(21-22-17)18(24)20-15-8-6-5-7-14(15)13-19/h5-10H,3-4,11-12H2,1-2H3,(H,20,24). The molecule has 0 aliphatic rings. The van der Waals surface area contributed by atoms with Crippen molar-refractivity contribution in [2.24, 2.45) is 0 Å². The van der Waals surface area contributed by atoms with Crippen LogP contribution in [-0.4, -0.2) is 29.2 Å². The molecule has 0 bridgehead atoms. The smallest absolute Gasteiger partial charge is 0.276 e. The fourth-order valence-electron chi connectivity index (χ4n) is 2.37. The fourth-order valence-corrected chi connectivity index (χ4v) is 2.37. The van der Waals surface area contributed by atoms with Crippen molar-refractivity contribution in [1.29, 1.82) is 5.26 Å². The third-order valence-electron chi connectivity index (χ3n) is 3.49. The number of carbonyl (C=O) groups excluding carboxylic acids is 1. The van der Waals surface area contributed by atoms with Crippen LogP contribution in [0.2, 0.25) is 0 Å². The van der Waals surface area contributed by atoms with Crippen LogP contribution in [0, 0.1) is 11.3 Å². The largest absolute Gasteiger partial charge is 0.355 e. The Bertz CT molecular complexity index is 715. The monoisotopic (exact) mass is 323 g/mol. The Hall–Kier alpha value is -2.94. The van der Waals surface area contributed by atoms with Crippen molar-refractivity contribution in [2.45, 2.75) is 26.7 Å². The van der Waals surface area contributed by atoms with E-state index in [9.17, 15) is 4.79 Å². The minimum Gasteiger partial charge on any atom is -0.355 e. The molecule has 2 aromatic rings. The van der Waals surface area contributed by atoms with E-state index in [4.69, 9.17) is 5.26 Å². The maximum absolute atomic E-state index is 12.3. The number of para-hydroxylation sites is 1. The van der Waals surface area contributed by atoms with Gasteiger partial charge in [0.1, 0.15) is 6.07 Å². The van der Waals surface area contributed by atoms with Crippen LogP contribution < -0.4 is 10.2 Å². The first-order valence-corrected chi connectivity index (χ1v) is 8.08. The second kappa shape index (κ2) is 8.63. The van der Waals surface area contributed by atoms with Gasteiger partial charge in [-0.05, 0) is 37.1 Å². The molecule has 1 aromatic heterocycles. The van der Waals surface area contributed by atoms with Gasteiger partial charge in [-0.25, -0.2) is 0 Å². The van der Waals surface area contributed by atoms with Gasteiger partial charge in [0.15, 0.2) is 11.5 Å². The molecule has 1 aromatic carbocycles. The van der Waals surface area contributed by atoms with Crippen LogP contribution in [0.25, 0.3) is 0 Å². The van der Waals surface area contributed by atoms with Crippen LogP contribution in [0.15, 0.2) is 36.4 Å². The molecule has 1 amide bonds. The second-order valence-electron chi connectivity index (χ2n) is 5.38. The van der Waals surface area contributed by atoms with E-state index in [0.29, 0.717) is 11.3 Å². The summed E-state index contributed by atoms with van der Waals surface area (Å²) in [6, 6.07) is 12.4. The van der Waals surface area contributed by atoms with Gasteiger partial charge in [-0.2, -0.15) is 5.26 Å². The number of nitrogens with zero attached hydrogens (tertiary/aromatic N) is 4. The van der Waals surface area contributed by atoms with Gasteiger partial charge in [0.2, 0.25) is 0 Å². The van der Waals surface area contributed by atoms with Gasteiger partial charge >= 0.3 is 0 Å². The zero-order valence-electron chi connectivity index (χ0n) is 14.0. The maximum Gasteiger partial charge on any atom is 0.276 e. The van der Waals surface area contributed by atoms with Gasteiger partial charge < -0.3 is 10.2 Å². The molecule has 0 saturated heterocycles. The predicted molar refractivity (Wildman–Crippen MR) is 93.9 cm³/mol. The molecule has 6 heteroatoms. The van der Waals surface area contributed by atoms with Crippen LogP contribution in [0.1, 0.15) is 42.7 Å². The van der Waals surface area contributed by atoms with Crippen molar-refractivity contribution in [2.75, 3.05) is 23.3 Å². The van der Waals surface area contributed by atoms with Crippen molar-refractivity contribution in [3.8, 4) is 6.07 Å². The number of hydrogen-bond acceptors (Lipinski definition) is 5. The highest BCUT2D eigenvalue weighted by Crippen LogP contribution is 2.15. The molecule has 0 aliphatic heterocycles. The number of nitriles is 1. The number of carbonyl (C=O) groups is 1. The summed E-state index contributed by atoms with van der Waals surface area (Å²) in [7, 11) is 0. The molecule has 2 rings (SSSR count). The molecular weight excluding hydrogens is 302 g/mol. The first kappa shape index (κ1) is 17.4. The number of nitrogens with one attached hydrogen (secondary N) is 1. The average Bonchev–Trinajstić information content (AvgIpc) is 2.62. The highest BCUT2D eigenvalue weighted by Gasteiger charge is 2.12. The van der Waals surface area contributed by atoms with E-state index in [1.54, 1.807) is 30.3 Å². The maximum atomic E-state index is 12.3. The predicted octanol–water partition coefficient (Wildman–Crippen LogP) is 3.23. The zero-order valence-corrected chi connectivity index (χ0v) is 14.0. The normalized spacial score (nSPS) is 10.0. The van der Waals surface area contributed by atoms with E-state index in [1.165, 1.54) is 0 Å². The molecule has 0 atom stereocenters. The topological polar surface area (TPSA) is 81.9 Å². The van der Waals surface area contributed by atoms with Crippen LogP contribution in [0.4, 0.5) is 11.5 Å². The number of rotatable bonds is 7. The molecule has 0 aliphatic carbocycles. The van der Waals surface area contributed by atoms with Crippen molar-refractivity contribution in [3.05, 3.63) is 47.7 Å². The Morgan fingerprint density at radius 1 is 1.12 bits per heavy atom. The first-order valence-electron chi connectivity index (χ1n) is 8.08. The first-order chi connectivity index (χ1) is 11.7. The number of anilines is 2. The Morgan fingerprint density at radius 2 is 1.83 bits per heavy atom. The van der Waals surface area contributed by atoms with E-state index >= 15 is 0 Å². The molecule has 1 N–H and O–H groups in total. The number of amides is 1. The van der Waals surface area contributed by atoms with Crippen molar-refractivity contribution in [1.82, 2.24) is 10.2 Å². The van der Waals surface area contributed by atoms with Gasteiger partial charge in [-0.15, -0.1) is 10.2 Å². The Balaban J connectivity index is 2.12. The second-order valence-corrected chi connectivity index (χ2v) is 5.38. The van der Waals surface area contributed by atoms with E-state index in [0.717, 1.165) is 31.7 Å².